The van der Waals surface area contributed by atoms with Gasteiger partial charge in [-0.3, -0.25) is 9.11 Å². The molecule has 0 atom stereocenters. The van der Waals surface area contributed by atoms with Crippen molar-refractivity contribution in [1.29, 1.82) is 0 Å². The molecule has 1 aromatic carbocycles. The molecule has 0 fully saturated rings. The molecule has 10 heteroatoms. The predicted octanol–water partition coefficient (Wildman–Crippen LogP) is -1.12. The van der Waals surface area contributed by atoms with Gasteiger partial charge in [0.2, 0.25) is 0 Å². The molecule has 0 saturated heterocycles. The standard InChI is InChI=1S/C6H6O6S2.2Na.2H/c7-13(8,9)5-2-1-3-6(4-5)14(10,11)12;;;;/h1-4H,(H,7,8,9)(H,10,11,12);;;;. The van der Waals surface area contributed by atoms with Crippen LogP contribution in [0.1, 0.15) is 0 Å². The molecule has 82 valence electrons. The van der Waals surface area contributed by atoms with Crippen LogP contribution in [0, 0.1) is 0 Å². The van der Waals surface area contributed by atoms with Crippen molar-refractivity contribution < 1.29 is 25.9 Å². The van der Waals surface area contributed by atoms with E-state index in [1.807, 2.05) is 0 Å². The third-order valence-electron chi connectivity index (χ3n) is 1.40. The molecule has 0 spiro atoms. The Hall–Kier alpha value is 1.04. The van der Waals surface area contributed by atoms with Crippen LogP contribution in [0.25, 0.3) is 0 Å². The van der Waals surface area contributed by atoms with Crippen LogP contribution in [-0.4, -0.2) is 85.1 Å². The molecule has 1 rings (SSSR count). The van der Waals surface area contributed by atoms with Crippen molar-refractivity contribution in [1.82, 2.24) is 0 Å². The van der Waals surface area contributed by atoms with Crippen LogP contribution in [-0.2, 0) is 20.2 Å². The van der Waals surface area contributed by atoms with E-state index in [1.54, 1.807) is 0 Å². The van der Waals surface area contributed by atoms with Gasteiger partial charge in [-0.05, 0) is 18.2 Å². The molecule has 0 heterocycles. The Kier molecular flexibility index (Phi) is 8.28. The van der Waals surface area contributed by atoms with Crippen LogP contribution in [0.2, 0.25) is 0 Å². The molecular weight excluding hydrogens is 278 g/mol. The molecule has 1 aromatic rings. The molecule has 0 radical (unpaired) electrons. The second-order valence-corrected chi connectivity index (χ2v) is 5.27. The average molecular weight is 286 g/mol. The molecule has 16 heavy (non-hydrogen) atoms. The number of benzene rings is 1. The van der Waals surface area contributed by atoms with Gasteiger partial charge in [0.05, 0.1) is 9.79 Å². The van der Waals surface area contributed by atoms with Crippen molar-refractivity contribution in [3.63, 3.8) is 0 Å². The summed E-state index contributed by atoms with van der Waals surface area (Å²) >= 11 is 0. The van der Waals surface area contributed by atoms with E-state index in [2.05, 4.69) is 0 Å². The van der Waals surface area contributed by atoms with Gasteiger partial charge in [0, 0.05) is 0 Å². The van der Waals surface area contributed by atoms with Crippen LogP contribution in [0.3, 0.4) is 0 Å². The molecule has 0 amide bonds. The molecule has 0 saturated carbocycles. The number of hydrogen-bond donors (Lipinski definition) is 2. The third kappa shape index (κ3) is 5.58. The zero-order valence-corrected chi connectivity index (χ0v) is 8.29. The van der Waals surface area contributed by atoms with Crippen LogP contribution in [0.15, 0.2) is 34.1 Å². The Morgan fingerprint density at radius 1 is 0.812 bits per heavy atom. The molecule has 6 nitrogen and oxygen atoms in total. The summed E-state index contributed by atoms with van der Waals surface area (Å²) in [4.78, 5) is -1.18. The van der Waals surface area contributed by atoms with Crippen molar-refractivity contribution in [2.45, 2.75) is 9.79 Å². The molecule has 0 unspecified atom stereocenters. The maximum atomic E-state index is 10.6. The van der Waals surface area contributed by atoms with Gasteiger partial charge in [0.25, 0.3) is 20.2 Å². The second kappa shape index (κ2) is 6.83. The van der Waals surface area contributed by atoms with Crippen LogP contribution in [0.5, 0.6) is 0 Å². The first-order valence-corrected chi connectivity index (χ1v) is 6.14. The van der Waals surface area contributed by atoms with Gasteiger partial charge in [-0.2, -0.15) is 16.8 Å². The zero-order valence-electron chi connectivity index (χ0n) is 6.65. The average Bonchev–Trinajstić information content (AvgIpc) is 2.01. The Balaban J connectivity index is 0. The van der Waals surface area contributed by atoms with Gasteiger partial charge in [0.1, 0.15) is 0 Å². The normalized spacial score (nSPS) is 11.1. The van der Waals surface area contributed by atoms with Gasteiger partial charge in [-0.15, -0.1) is 0 Å². The van der Waals surface area contributed by atoms with Crippen LogP contribution in [0.4, 0.5) is 0 Å². The molecule has 0 aliphatic rings. The SMILES string of the molecule is O=S(=O)(O)c1cccc(S(=O)(=O)O)c1.[NaH].[NaH]. The number of hydrogen-bond acceptors (Lipinski definition) is 4. The molecule has 0 aromatic heterocycles. The molecule has 0 bridgehead atoms. The van der Waals surface area contributed by atoms with Crippen molar-refractivity contribution in [2.75, 3.05) is 0 Å². The summed E-state index contributed by atoms with van der Waals surface area (Å²) in [5, 5.41) is 0. The maximum absolute atomic E-state index is 10.6. The van der Waals surface area contributed by atoms with E-state index in [0.29, 0.717) is 6.07 Å². The predicted molar refractivity (Wildman–Crippen MR) is 60.4 cm³/mol. The van der Waals surface area contributed by atoms with Crippen molar-refractivity contribution in [2.24, 2.45) is 0 Å². The summed E-state index contributed by atoms with van der Waals surface area (Å²) in [5.74, 6) is 0. The summed E-state index contributed by atoms with van der Waals surface area (Å²) in [6, 6.07) is 3.75. The van der Waals surface area contributed by atoms with E-state index in [0.717, 1.165) is 18.2 Å². The minimum atomic E-state index is -4.46. The van der Waals surface area contributed by atoms with E-state index in [1.165, 1.54) is 0 Å². The molecule has 0 aliphatic carbocycles. The fourth-order valence-corrected chi connectivity index (χ4v) is 1.92. The monoisotopic (exact) mass is 286 g/mol. The Morgan fingerprint density at radius 3 is 1.38 bits per heavy atom. The van der Waals surface area contributed by atoms with Crippen molar-refractivity contribution in [3.8, 4) is 0 Å². The van der Waals surface area contributed by atoms with E-state index in [-0.39, 0.29) is 59.1 Å². The fourth-order valence-electron chi connectivity index (χ4n) is 0.795. The summed E-state index contributed by atoms with van der Waals surface area (Å²) in [7, 11) is -8.92. The Labute approximate surface area is 138 Å². The fraction of sp³-hybridized carbons (Fsp3) is 0. The van der Waals surface area contributed by atoms with E-state index >= 15 is 0 Å². The summed E-state index contributed by atoms with van der Waals surface area (Å²) in [6.07, 6.45) is 0. The summed E-state index contributed by atoms with van der Waals surface area (Å²) < 4.78 is 59.5. The third-order valence-corrected chi connectivity index (χ3v) is 3.10. The van der Waals surface area contributed by atoms with Gasteiger partial charge in [-0.1, -0.05) is 6.07 Å². The Bertz CT molecular complexity index is 503. The molecule has 0 aliphatic heterocycles. The summed E-state index contributed by atoms with van der Waals surface area (Å²) in [6.45, 7) is 0. The van der Waals surface area contributed by atoms with Gasteiger partial charge >= 0.3 is 59.1 Å². The quantitative estimate of drug-likeness (QED) is 0.527. The van der Waals surface area contributed by atoms with E-state index in [9.17, 15) is 16.8 Å². The van der Waals surface area contributed by atoms with Gasteiger partial charge in [0.15, 0.2) is 0 Å². The van der Waals surface area contributed by atoms with E-state index < -0.39 is 30.0 Å². The topological polar surface area (TPSA) is 109 Å². The number of rotatable bonds is 2. The van der Waals surface area contributed by atoms with Gasteiger partial charge in [-0.25, -0.2) is 0 Å². The minimum absolute atomic E-state index is 0. The molecular formula is C6H8Na2O6S2. The Morgan fingerprint density at radius 2 is 1.12 bits per heavy atom. The summed E-state index contributed by atoms with van der Waals surface area (Å²) in [5.41, 5.74) is 0. The van der Waals surface area contributed by atoms with Gasteiger partial charge < -0.3 is 0 Å². The van der Waals surface area contributed by atoms with Crippen molar-refractivity contribution >= 4 is 79.4 Å². The zero-order chi connectivity index (χ0) is 11.0. The van der Waals surface area contributed by atoms with Crippen LogP contribution >= 0.6 is 0 Å². The first kappa shape index (κ1) is 19.4. The molecule has 2 N–H and O–H groups in total. The van der Waals surface area contributed by atoms with Crippen LogP contribution < -0.4 is 0 Å². The second-order valence-electron chi connectivity index (χ2n) is 2.42. The first-order chi connectivity index (χ1) is 6.21. The first-order valence-electron chi connectivity index (χ1n) is 3.26. The van der Waals surface area contributed by atoms with E-state index in [4.69, 9.17) is 9.11 Å². The van der Waals surface area contributed by atoms with Crippen molar-refractivity contribution in [3.05, 3.63) is 24.3 Å².